The van der Waals surface area contributed by atoms with Crippen LogP contribution in [0.15, 0.2) is 17.2 Å². The number of aryl methyl sites for hydroxylation is 3. The molecule has 0 fully saturated rings. The third-order valence-corrected chi connectivity index (χ3v) is 5.34. The Bertz CT molecular complexity index is 681. The van der Waals surface area contributed by atoms with Crippen molar-refractivity contribution >= 4 is 27.2 Å². The van der Waals surface area contributed by atoms with Crippen LogP contribution in [-0.2, 0) is 23.6 Å². The number of rotatable bonds is 4. The van der Waals surface area contributed by atoms with Gasteiger partial charge in [-0.25, -0.2) is 13.1 Å². The van der Waals surface area contributed by atoms with E-state index < -0.39 is 10.0 Å². The molecular formula is C11H16N4O2S2. The third kappa shape index (κ3) is 2.96. The van der Waals surface area contributed by atoms with E-state index in [0.29, 0.717) is 0 Å². The molecule has 0 bridgehead atoms. The summed E-state index contributed by atoms with van der Waals surface area (Å²) in [5, 5.41) is 3.83. The largest absolute Gasteiger partial charge is 0.381 e. The molecule has 0 aliphatic heterocycles. The van der Waals surface area contributed by atoms with Crippen LogP contribution in [0.2, 0.25) is 0 Å². The summed E-state index contributed by atoms with van der Waals surface area (Å²) in [6.07, 6.45) is 1.39. The minimum Gasteiger partial charge on any atom is -0.381 e. The highest BCUT2D eigenvalue weighted by molar-refractivity contribution is 7.89. The zero-order valence-electron chi connectivity index (χ0n) is 11.0. The van der Waals surface area contributed by atoms with E-state index in [1.165, 1.54) is 21.3 Å². The van der Waals surface area contributed by atoms with Crippen molar-refractivity contribution in [3.05, 3.63) is 27.6 Å². The maximum Gasteiger partial charge on any atom is 0.246 e. The Labute approximate surface area is 116 Å². The van der Waals surface area contributed by atoms with Crippen molar-refractivity contribution in [3.63, 3.8) is 0 Å². The molecule has 0 amide bonds. The average Bonchev–Trinajstić information content (AvgIpc) is 2.80. The monoisotopic (exact) mass is 300 g/mol. The quantitative estimate of drug-likeness (QED) is 0.886. The molecule has 6 nitrogen and oxygen atoms in total. The van der Waals surface area contributed by atoms with Crippen LogP contribution in [0, 0.1) is 13.8 Å². The van der Waals surface area contributed by atoms with Crippen LogP contribution in [0.3, 0.4) is 0 Å². The van der Waals surface area contributed by atoms with Gasteiger partial charge in [-0.2, -0.15) is 5.10 Å². The molecule has 2 rings (SSSR count). The van der Waals surface area contributed by atoms with Gasteiger partial charge < -0.3 is 5.73 Å². The van der Waals surface area contributed by atoms with Gasteiger partial charge in [-0.15, -0.1) is 11.3 Å². The van der Waals surface area contributed by atoms with Gasteiger partial charge in [0.05, 0.1) is 0 Å². The van der Waals surface area contributed by atoms with Crippen LogP contribution in [0.4, 0.5) is 5.82 Å². The highest BCUT2D eigenvalue weighted by atomic mass is 32.2. The summed E-state index contributed by atoms with van der Waals surface area (Å²) in [4.78, 5) is 2.18. The van der Waals surface area contributed by atoms with Crippen LogP contribution in [-0.4, -0.2) is 18.2 Å². The van der Waals surface area contributed by atoms with Crippen molar-refractivity contribution < 1.29 is 8.42 Å². The lowest BCUT2D eigenvalue weighted by molar-refractivity contribution is 0.582. The number of hydrogen-bond donors (Lipinski definition) is 2. The summed E-state index contributed by atoms with van der Waals surface area (Å²) in [6.45, 7) is 4.27. The first-order chi connectivity index (χ1) is 8.79. The van der Waals surface area contributed by atoms with Crippen molar-refractivity contribution in [1.29, 1.82) is 0 Å². The van der Waals surface area contributed by atoms with Gasteiger partial charge in [0.15, 0.2) is 5.82 Å². The summed E-state index contributed by atoms with van der Waals surface area (Å²) >= 11 is 1.58. The molecule has 104 valence electrons. The molecule has 2 aromatic heterocycles. The second kappa shape index (κ2) is 4.95. The maximum absolute atomic E-state index is 12.1. The first-order valence-electron chi connectivity index (χ1n) is 5.64. The normalized spacial score (nSPS) is 11.9. The van der Waals surface area contributed by atoms with E-state index in [-0.39, 0.29) is 17.3 Å². The molecule has 19 heavy (non-hydrogen) atoms. The summed E-state index contributed by atoms with van der Waals surface area (Å²) < 4.78 is 28.1. The molecule has 0 saturated carbocycles. The Morgan fingerprint density at radius 2 is 2.16 bits per heavy atom. The van der Waals surface area contributed by atoms with Crippen LogP contribution < -0.4 is 10.5 Å². The van der Waals surface area contributed by atoms with Crippen molar-refractivity contribution in [2.45, 2.75) is 25.3 Å². The predicted molar refractivity (Wildman–Crippen MR) is 75.4 cm³/mol. The van der Waals surface area contributed by atoms with Crippen LogP contribution in [0.5, 0.6) is 0 Å². The number of sulfonamides is 1. The number of nitrogens with one attached hydrogen (secondary N) is 1. The van der Waals surface area contributed by atoms with E-state index in [1.807, 2.05) is 19.9 Å². The molecular weight excluding hydrogens is 284 g/mol. The zero-order valence-corrected chi connectivity index (χ0v) is 12.6. The van der Waals surface area contributed by atoms with E-state index in [4.69, 9.17) is 5.73 Å². The predicted octanol–water partition coefficient (Wildman–Crippen LogP) is 1.16. The van der Waals surface area contributed by atoms with Crippen LogP contribution in [0.1, 0.15) is 15.3 Å². The topological polar surface area (TPSA) is 90.0 Å². The molecule has 0 saturated heterocycles. The number of nitrogens with two attached hydrogens (primary N) is 1. The summed E-state index contributed by atoms with van der Waals surface area (Å²) in [5.74, 6) is 0.00791. The molecule has 0 atom stereocenters. The van der Waals surface area contributed by atoms with Gasteiger partial charge in [0.2, 0.25) is 10.0 Å². The van der Waals surface area contributed by atoms with Gasteiger partial charge in [0.1, 0.15) is 4.90 Å². The SMILES string of the molecule is Cc1cc(CNS(=O)(=O)c2cn(C)nc2N)sc1C. The van der Waals surface area contributed by atoms with Gasteiger partial charge >= 0.3 is 0 Å². The first-order valence-corrected chi connectivity index (χ1v) is 7.94. The summed E-state index contributed by atoms with van der Waals surface area (Å²) in [6, 6.07) is 1.98. The van der Waals surface area contributed by atoms with Gasteiger partial charge in [-0.05, 0) is 25.5 Å². The van der Waals surface area contributed by atoms with Crippen LogP contribution >= 0.6 is 11.3 Å². The number of nitrogens with zero attached hydrogens (tertiary/aromatic N) is 2. The van der Waals surface area contributed by atoms with Crippen LogP contribution in [0.25, 0.3) is 0 Å². The lowest BCUT2D eigenvalue weighted by Crippen LogP contribution is -2.23. The van der Waals surface area contributed by atoms with Crippen molar-refractivity contribution in [1.82, 2.24) is 14.5 Å². The Morgan fingerprint density at radius 3 is 2.63 bits per heavy atom. The minimum absolute atomic E-state index is 0.00791. The van der Waals surface area contributed by atoms with E-state index in [9.17, 15) is 8.42 Å². The number of nitrogen functional groups attached to an aromatic ring is 1. The molecule has 0 aliphatic carbocycles. The minimum atomic E-state index is -3.62. The smallest absolute Gasteiger partial charge is 0.246 e. The van der Waals surface area contributed by atoms with E-state index >= 15 is 0 Å². The number of thiophene rings is 1. The average molecular weight is 300 g/mol. The number of aromatic nitrogens is 2. The lowest BCUT2D eigenvalue weighted by atomic mass is 10.3. The molecule has 0 unspecified atom stereocenters. The molecule has 0 radical (unpaired) electrons. The standard InChI is InChI=1S/C11H16N4O2S2/c1-7-4-9(18-8(7)2)5-13-19(16,17)10-6-15(3)14-11(10)12/h4,6,13H,5H2,1-3H3,(H2,12,14). The van der Waals surface area contributed by atoms with E-state index in [0.717, 1.165) is 4.88 Å². The van der Waals surface area contributed by atoms with Crippen molar-refractivity contribution in [2.24, 2.45) is 7.05 Å². The molecule has 2 heterocycles. The fraction of sp³-hybridized carbons (Fsp3) is 0.364. The van der Waals surface area contributed by atoms with Crippen molar-refractivity contribution in [2.75, 3.05) is 5.73 Å². The second-order valence-electron chi connectivity index (χ2n) is 4.33. The molecule has 2 aromatic rings. The molecule has 0 aromatic carbocycles. The molecule has 3 N–H and O–H groups in total. The third-order valence-electron chi connectivity index (χ3n) is 2.76. The number of anilines is 1. The van der Waals surface area contributed by atoms with E-state index in [1.54, 1.807) is 18.4 Å². The summed E-state index contributed by atoms with van der Waals surface area (Å²) in [7, 11) is -2.00. The summed E-state index contributed by atoms with van der Waals surface area (Å²) in [5.41, 5.74) is 6.74. The zero-order chi connectivity index (χ0) is 14.2. The Kier molecular flexibility index (Phi) is 3.66. The molecule has 0 spiro atoms. The van der Waals surface area contributed by atoms with E-state index in [2.05, 4.69) is 9.82 Å². The highest BCUT2D eigenvalue weighted by Gasteiger charge is 2.20. The van der Waals surface area contributed by atoms with Gasteiger partial charge in [0.25, 0.3) is 0 Å². The fourth-order valence-corrected chi connectivity index (χ4v) is 3.86. The Morgan fingerprint density at radius 1 is 1.47 bits per heavy atom. The van der Waals surface area contributed by atoms with Gasteiger partial charge in [0, 0.05) is 29.5 Å². The Balaban J connectivity index is 2.16. The van der Waals surface area contributed by atoms with Crippen molar-refractivity contribution in [3.8, 4) is 0 Å². The second-order valence-corrected chi connectivity index (χ2v) is 7.40. The first kappa shape index (κ1) is 14.0. The van der Waals surface area contributed by atoms with Gasteiger partial charge in [-0.1, -0.05) is 0 Å². The molecule has 8 heteroatoms. The van der Waals surface area contributed by atoms with Gasteiger partial charge in [-0.3, -0.25) is 4.68 Å². The highest BCUT2D eigenvalue weighted by Crippen LogP contribution is 2.21. The number of hydrogen-bond acceptors (Lipinski definition) is 5. The maximum atomic E-state index is 12.1. The molecule has 0 aliphatic rings. The lowest BCUT2D eigenvalue weighted by Gasteiger charge is -2.03. The fourth-order valence-electron chi connectivity index (χ4n) is 1.67. The Hall–Kier alpha value is -1.38.